The van der Waals surface area contributed by atoms with Crippen molar-refractivity contribution in [2.45, 2.75) is 199 Å². The normalized spacial score (nSPS) is 50.1. The van der Waals surface area contributed by atoms with Gasteiger partial charge in [-0.3, -0.25) is 4.79 Å². The summed E-state index contributed by atoms with van der Waals surface area (Å²) in [7, 11) is 0. The molecular formula is C42H62BNaO15. The number of carbonyl (C=O) groups is 3. The van der Waals surface area contributed by atoms with Gasteiger partial charge >= 0.3 is 54.4 Å². The Kier molecular flexibility index (Phi) is 12.8. The summed E-state index contributed by atoms with van der Waals surface area (Å²) in [5, 5.41) is 11.7. The second-order valence-corrected chi connectivity index (χ2v) is 19.2. The minimum Gasteiger partial charge on any atom is -0.504 e. The predicted molar refractivity (Wildman–Crippen MR) is 204 cm³/mol. The molecule has 0 aliphatic carbocycles. The number of fused-ring (bicyclic) bond motifs is 8. The molecule has 6 saturated heterocycles. The molecule has 8 rings (SSSR count). The minimum atomic E-state index is -3.46. The van der Waals surface area contributed by atoms with Crippen molar-refractivity contribution in [2.24, 2.45) is 22.7 Å². The Morgan fingerprint density at radius 3 is 1.66 bits per heavy atom. The van der Waals surface area contributed by atoms with Gasteiger partial charge in [0.2, 0.25) is 0 Å². The maximum atomic E-state index is 14.7. The maximum absolute atomic E-state index is 14.7. The van der Waals surface area contributed by atoms with E-state index in [-0.39, 0.29) is 41.8 Å². The van der Waals surface area contributed by atoms with Crippen LogP contribution in [0.5, 0.6) is 0 Å². The molecule has 17 atom stereocenters. The predicted octanol–water partition coefficient (Wildman–Crippen LogP) is 1.72. The Balaban J connectivity index is 0.00000528. The number of hydrogen-bond acceptors (Lipinski definition) is 15. The molecule has 1 N–H and O–H groups in total. The van der Waals surface area contributed by atoms with E-state index in [9.17, 15) is 19.5 Å². The summed E-state index contributed by atoms with van der Waals surface area (Å²) in [6.45, 7) is 13.2. The fourth-order valence-electron chi connectivity index (χ4n) is 10.5. The maximum Gasteiger partial charge on any atom is 1.00 e. The van der Waals surface area contributed by atoms with Gasteiger partial charge < -0.3 is 56.9 Å². The number of esters is 3. The number of hydrogen-bond donors (Lipinski definition) is 1. The van der Waals surface area contributed by atoms with Gasteiger partial charge in [-0.05, 0) is 46.0 Å². The number of aliphatic hydroxyl groups excluding tert-OH is 1. The molecule has 0 aromatic carbocycles. The summed E-state index contributed by atoms with van der Waals surface area (Å²) < 4.78 is 72.2. The van der Waals surface area contributed by atoms with Crippen molar-refractivity contribution in [2.75, 3.05) is 0 Å². The second-order valence-electron chi connectivity index (χ2n) is 19.2. The first kappa shape index (κ1) is 45.6. The summed E-state index contributed by atoms with van der Waals surface area (Å²) in [4.78, 5) is 42.0. The Morgan fingerprint density at radius 2 is 1.19 bits per heavy atom. The van der Waals surface area contributed by atoms with Crippen LogP contribution in [0.15, 0.2) is 24.3 Å². The summed E-state index contributed by atoms with van der Waals surface area (Å²) in [5.74, 6) is -6.61. The van der Waals surface area contributed by atoms with Crippen LogP contribution in [-0.2, 0) is 66.2 Å². The zero-order valence-corrected chi connectivity index (χ0v) is 38.3. The zero-order valence-electron chi connectivity index (χ0n) is 36.3. The third kappa shape index (κ3) is 8.07. The van der Waals surface area contributed by atoms with Crippen molar-refractivity contribution in [1.29, 1.82) is 0 Å². The summed E-state index contributed by atoms with van der Waals surface area (Å²) in [6.07, 6.45) is 2.33. The van der Waals surface area contributed by atoms with Crippen LogP contribution in [0.2, 0.25) is 0 Å². The van der Waals surface area contributed by atoms with Crippen molar-refractivity contribution in [3.8, 4) is 0 Å². The molecular weight excluding hydrogens is 778 g/mol. The fourth-order valence-corrected chi connectivity index (χ4v) is 10.5. The van der Waals surface area contributed by atoms with E-state index in [1.807, 2.05) is 79.7 Å². The molecule has 8 aliphatic heterocycles. The van der Waals surface area contributed by atoms with E-state index in [0.29, 0.717) is 51.4 Å². The molecule has 3 spiro atoms. The van der Waals surface area contributed by atoms with Crippen LogP contribution in [0.1, 0.15) is 114 Å². The second kappa shape index (κ2) is 16.6. The third-order valence-corrected chi connectivity index (χ3v) is 14.5. The van der Waals surface area contributed by atoms with E-state index >= 15 is 0 Å². The van der Waals surface area contributed by atoms with Crippen molar-refractivity contribution in [3.63, 3.8) is 0 Å². The van der Waals surface area contributed by atoms with Gasteiger partial charge in [0.1, 0.15) is 18.3 Å². The average Bonchev–Trinajstić information content (AvgIpc) is 3.87. The Hall–Kier alpha value is -1.41. The van der Waals surface area contributed by atoms with Crippen LogP contribution >= 0.6 is 0 Å². The summed E-state index contributed by atoms with van der Waals surface area (Å²) >= 11 is 0. The van der Waals surface area contributed by atoms with E-state index < -0.39 is 120 Å². The number of ether oxygens (including phenoxy) is 7. The van der Waals surface area contributed by atoms with Crippen LogP contribution in [0.3, 0.4) is 0 Å². The molecule has 8 aliphatic rings. The van der Waals surface area contributed by atoms with Gasteiger partial charge in [0, 0.05) is 48.9 Å². The third-order valence-electron chi connectivity index (χ3n) is 14.5. The van der Waals surface area contributed by atoms with Crippen LogP contribution in [0, 0.1) is 22.7 Å². The molecule has 8 heterocycles. The Labute approximate surface area is 369 Å². The molecule has 0 amide bonds. The molecule has 1 unspecified atom stereocenters. The van der Waals surface area contributed by atoms with Gasteiger partial charge in [0.25, 0.3) is 0 Å². The first-order valence-corrected chi connectivity index (χ1v) is 21.4. The first-order chi connectivity index (χ1) is 27.3. The zero-order chi connectivity index (χ0) is 41.6. The van der Waals surface area contributed by atoms with Gasteiger partial charge in [0.05, 0.1) is 42.7 Å². The Bertz CT molecular complexity index is 1670. The van der Waals surface area contributed by atoms with Gasteiger partial charge in [-0.15, -0.1) is 0 Å². The molecule has 6 fully saturated rings. The van der Waals surface area contributed by atoms with Gasteiger partial charge in [-0.2, -0.15) is 0 Å². The van der Waals surface area contributed by atoms with Gasteiger partial charge in [0.15, 0.2) is 23.8 Å². The number of aliphatic hydroxyl groups is 1. The van der Waals surface area contributed by atoms with E-state index in [2.05, 4.69) is 0 Å². The SMILES string of the molecule is CC(=O)O[C@@H]1C/C=C/[C@@H]2C[C@H](OC(=O)[C@@H]3O[B-]45O[C@@H](C(=O)O[C@H]6C[C@@H](/C=C/C[C@@H](O)C(C)(C)[C@@H]7CC[C@@H](C)[C@]3(O7)O4)O[C@@H]6C)[C@@]3(O[C@@H](CC[C@H]3C)C1(C)C)O5)[C@@H](C)O2.[Na+]. The van der Waals surface area contributed by atoms with Crippen molar-refractivity contribution >= 4 is 24.9 Å². The van der Waals surface area contributed by atoms with Crippen LogP contribution in [0.4, 0.5) is 0 Å². The van der Waals surface area contributed by atoms with E-state index in [4.69, 9.17) is 51.8 Å². The molecule has 0 aromatic rings. The number of rotatable bonds is 1. The standard InChI is InChI=1S/C42H62BO15.Na/c1-22-16-18-33-39(6,7)31(45)14-10-12-27-20-29(24(3)48-27)51-38(47)36-42-23(2)17-19-34(54-42)40(8,9)32(50-26(5)44)15-11-13-28-21-30(25(4)49-28)52-37(46)35-41(22,53-33)57-43(55-35,56-36)58-42;/h10-13,22-25,27-36,45H,14-21H2,1-9H3;/q-1;+1/b12-10+,13-11+;/t22-,23-,24-,25-,27-,28-,29+,30+,31-,32-,33+,34+,35+,36+,41+,42+,43?;/m1./s1. The Morgan fingerprint density at radius 1 is 0.729 bits per heavy atom. The molecule has 59 heavy (non-hydrogen) atoms. The van der Waals surface area contributed by atoms with Gasteiger partial charge in [-0.1, -0.05) is 65.8 Å². The molecule has 0 saturated carbocycles. The monoisotopic (exact) mass is 840 g/mol. The molecule has 0 aromatic heterocycles. The van der Waals surface area contributed by atoms with Crippen LogP contribution in [-0.4, -0.2) is 115 Å². The van der Waals surface area contributed by atoms with Crippen molar-refractivity contribution < 1.29 is 101 Å². The van der Waals surface area contributed by atoms with E-state index in [1.54, 1.807) is 0 Å². The van der Waals surface area contributed by atoms with Crippen molar-refractivity contribution in [3.05, 3.63) is 24.3 Å². The molecule has 17 heteroatoms. The van der Waals surface area contributed by atoms with Gasteiger partial charge in [-0.25, -0.2) is 9.59 Å². The minimum absolute atomic E-state index is 0. The quantitative estimate of drug-likeness (QED) is 0.175. The molecule has 324 valence electrons. The molecule has 11 bridgehead atoms. The first-order valence-electron chi connectivity index (χ1n) is 21.4. The van der Waals surface area contributed by atoms with Crippen LogP contribution < -0.4 is 29.6 Å². The summed E-state index contributed by atoms with van der Waals surface area (Å²) in [5.41, 5.74) is -1.66. The van der Waals surface area contributed by atoms with Crippen molar-refractivity contribution in [1.82, 2.24) is 0 Å². The largest absolute Gasteiger partial charge is 1.00 e. The van der Waals surface area contributed by atoms with E-state index in [0.717, 1.165) is 0 Å². The van der Waals surface area contributed by atoms with Crippen LogP contribution in [0.25, 0.3) is 0 Å². The topological polar surface area (TPSA) is 173 Å². The number of carbonyl (C=O) groups excluding carboxylic acids is 3. The fraction of sp³-hybridized carbons (Fsp3) is 0.833. The smallest absolute Gasteiger partial charge is 0.504 e. The van der Waals surface area contributed by atoms with E-state index in [1.165, 1.54) is 6.92 Å². The average molecular weight is 841 g/mol. The molecule has 15 nitrogen and oxygen atoms in total. The molecule has 0 radical (unpaired) electrons. The summed E-state index contributed by atoms with van der Waals surface area (Å²) in [6, 6.07) is 0.